The van der Waals surface area contributed by atoms with Gasteiger partial charge in [0.2, 0.25) is 11.8 Å². The van der Waals surface area contributed by atoms with Gasteiger partial charge >= 0.3 is 0 Å². The van der Waals surface area contributed by atoms with Gasteiger partial charge in [-0.25, -0.2) is 0 Å². The van der Waals surface area contributed by atoms with Gasteiger partial charge < -0.3 is 5.11 Å². The molecular weight excluding hydrogens is 266 g/mol. The molecule has 2 amide bonds. The van der Waals surface area contributed by atoms with Crippen LogP contribution in [0.4, 0.5) is 0 Å². The third-order valence-electron chi connectivity index (χ3n) is 4.10. The van der Waals surface area contributed by atoms with Gasteiger partial charge in [-0.05, 0) is 24.6 Å². The number of benzene rings is 1. The molecule has 3 atom stereocenters. The van der Waals surface area contributed by atoms with Gasteiger partial charge in [-0.2, -0.15) is 0 Å². The zero-order chi connectivity index (χ0) is 15.6. The third kappa shape index (κ3) is 2.84. The number of carbonyl (C=O) groups excluding carboxylic acids is 2. The van der Waals surface area contributed by atoms with E-state index in [9.17, 15) is 9.59 Å². The van der Waals surface area contributed by atoms with Crippen LogP contribution in [-0.4, -0.2) is 28.4 Å². The molecule has 0 aromatic heterocycles. The molecule has 0 bridgehead atoms. The Bertz CT molecular complexity index is 589. The Morgan fingerprint density at radius 1 is 1.14 bits per heavy atom. The van der Waals surface area contributed by atoms with Gasteiger partial charge in [0.25, 0.3) is 0 Å². The molecular formula is C17H19NO3. The molecule has 1 aliphatic rings. The van der Waals surface area contributed by atoms with Crippen molar-refractivity contribution in [3.05, 3.63) is 35.4 Å². The molecule has 3 unspecified atom stereocenters. The number of aliphatic hydroxyl groups is 1. The molecule has 0 saturated carbocycles. The highest BCUT2D eigenvalue weighted by atomic mass is 16.2. The summed E-state index contributed by atoms with van der Waals surface area (Å²) < 4.78 is 0. The molecule has 1 aromatic carbocycles. The Hall–Kier alpha value is -2.12. The summed E-state index contributed by atoms with van der Waals surface area (Å²) in [5, 5.41) is 8.67. The minimum Gasteiger partial charge on any atom is -0.384 e. The minimum absolute atomic E-state index is 0.107. The van der Waals surface area contributed by atoms with Gasteiger partial charge in [0, 0.05) is 17.4 Å². The maximum atomic E-state index is 12.2. The summed E-state index contributed by atoms with van der Waals surface area (Å²) in [5.74, 6) is 4.67. The van der Waals surface area contributed by atoms with Crippen LogP contribution in [0.25, 0.3) is 0 Å². The Morgan fingerprint density at radius 2 is 1.67 bits per heavy atom. The van der Waals surface area contributed by atoms with E-state index in [4.69, 9.17) is 5.11 Å². The molecule has 0 radical (unpaired) electrons. The monoisotopic (exact) mass is 285 g/mol. The summed E-state index contributed by atoms with van der Waals surface area (Å²) in [6, 6.07) is 7.09. The Kier molecular flexibility index (Phi) is 4.44. The van der Waals surface area contributed by atoms with Gasteiger partial charge in [0.15, 0.2) is 0 Å². The Morgan fingerprint density at radius 3 is 2.14 bits per heavy atom. The fraction of sp³-hybridized carbons (Fsp3) is 0.412. The van der Waals surface area contributed by atoms with E-state index in [1.165, 1.54) is 4.90 Å². The van der Waals surface area contributed by atoms with Crippen molar-refractivity contribution in [3.63, 3.8) is 0 Å². The first kappa shape index (κ1) is 15.3. The summed E-state index contributed by atoms with van der Waals surface area (Å²) in [6.45, 7) is 5.27. The third-order valence-corrected chi connectivity index (χ3v) is 4.10. The molecule has 1 aliphatic heterocycles. The molecule has 110 valence electrons. The first-order chi connectivity index (χ1) is 9.97. The Balaban J connectivity index is 2.22. The fourth-order valence-electron chi connectivity index (χ4n) is 2.49. The average molecular weight is 285 g/mol. The zero-order valence-corrected chi connectivity index (χ0v) is 12.5. The van der Waals surface area contributed by atoms with E-state index in [-0.39, 0.29) is 36.3 Å². The summed E-state index contributed by atoms with van der Waals surface area (Å²) in [7, 11) is 0. The van der Waals surface area contributed by atoms with Crippen LogP contribution in [0, 0.1) is 23.7 Å². The van der Waals surface area contributed by atoms with E-state index in [2.05, 4.69) is 11.8 Å². The number of hydrogen-bond donors (Lipinski definition) is 1. The molecule has 1 saturated heterocycles. The van der Waals surface area contributed by atoms with Crippen molar-refractivity contribution in [2.24, 2.45) is 11.8 Å². The predicted octanol–water partition coefficient (Wildman–Crippen LogP) is 1.73. The van der Waals surface area contributed by atoms with E-state index in [1.54, 1.807) is 13.8 Å². The molecule has 1 aromatic rings. The van der Waals surface area contributed by atoms with Crippen LogP contribution < -0.4 is 0 Å². The maximum absolute atomic E-state index is 12.2. The average Bonchev–Trinajstić information content (AvgIpc) is 2.69. The molecule has 0 spiro atoms. The van der Waals surface area contributed by atoms with Crippen LogP contribution in [0.1, 0.15) is 37.9 Å². The minimum atomic E-state index is -0.280. The largest absolute Gasteiger partial charge is 0.384 e. The smallest absolute Gasteiger partial charge is 0.233 e. The van der Waals surface area contributed by atoms with Crippen LogP contribution in [0.15, 0.2) is 24.3 Å². The van der Waals surface area contributed by atoms with Crippen molar-refractivity contribution in [1.29, 1.82) is 0 Å². The van der Waals surface area contributed by atoms with Gasteiger partial charge in [-0.3, -0.25) is 14.5 Å². The highest BCUT2D eigenvalue weighted by Gasteiger charge is 2.44. The molecule has 1 fully saturated rings. The molecule has 1 heterocycles. The van der Waals surface area contributed by atoms with Crippen molar-refractivity contribution in [2.45, 2.75) is 26.8 Å². The summed E-state index contributed by atoms with van der Waals surface area (Å²) in [6.07, 6.45) is 0. The first-order valence-corrected chi connectivity index (χ1v) is 7.04. The number of aliphatic hydroxyl groups excluding tert-OH is 1. The Labute approximate surface area is 124 Å². The SMILES string of the molecule is CC1C(=O)N(C(C)c2ccc(C#CCO)cc2)C(=O)C1C. The zero-order valence-electron chi connectivity index (χ0n) is 12.5. The molecule has 4 heteroatoms. The standard InChI is InChI=1S/C17H19NO3/c1-11-12(2)17(21)18(16(11)20)13(3)15-8-6-14(7-9-15)5-4-10-19/h6-9,11-13,19H,10H2,1-3H3. The van der Waals surface area contributed by atoms with Gasteiger partial charge in [0.1, 0.15) is 6.61 Å². The van der Waals surface area contributed by atoms with E-state index >= 15 is 0 Å². The lowest BCUT2D eigenvalue weighted by Gasteiger charge is -2.23. The van der Waals surface area contributed by atoms with Crippen LogP contribution >= 0.6 is 0 Å². The second-order valence-electron chi connectivity index (χ2n) is 5.38. The lowest BCUT2D eigenvalue weighted by molar-refractivity contribution is -0.142. The predicted molar refractivity (Wildman–Crippen MR) is 79.0 cm³/mol. The van der Waals surface area contributed by atoms with Crippen molar-refractivity contribution < 1.29 is 14.7 Å². The second kappa shape index (κ2) is 6.11. The summed E-state index contributed by atoms with van der Waals surface area (Å²) >= 11 is 0. The van der Waals surface area contributed by atoms with Gasteiger partial charge in [-0.1, -0.05) is 37.8 Å². The number of rotatable bonds is 2. The van der Waals surface area contributed by atoms with Crippen molar-refractivity contribution in [3.8, 4) is 11.8 Å². The van der Waals surface area contributed by atoms with Gasteiger partial charge in [0.05, 0.1) is 6.04 Å². The van der Waals surface area contributed by atoms with E-state index < -0.39 is 0 Å². The fourth-order valence-corrected chi connectivity index (χ4v) is 2.49. The summed E-state index contributed by atoms with van der Waals surface area (Å²) in [4.78, 5) is 25.8. The number of carbonyl (C=O) groups is 2. The highest BCUT2D eigenvalue weighted by molar-refractivity contribution is 6.05. The summed E-state index contributed by atoms with van der Waals surface area (Å²) in [5.41, 5.74) is 1.69. The van der Waals surface area contributed by atoms with E-state index in [0.29, 0.717) is 0 Å². The van der Waals surface area contributed by atoms with E-state index in [1.807, 2.05) is 31.2 Å². The molecule has 1 N–H and O–H groups in total. The topological polar surface area (TPSA) is 57.6 Å². The molecule has 0 aliphatic carbocycles. The van der Waals surface area contributed by atoms with Crippen LogP contribution in [0.5, 0.6) is 0 Å². The number of imide groups is 1. The van der Waals surface area contributed by atoms with Crippen LogP contribution in [0.3, 0.4) is 0 Å². The van der Waals surface area contributed by atoms with Gasteiger partial charge in [-0.15, -0.1) is 0 Å². The number of hydrogen-bond acceptors (Lipinski definition) is 3. The lowest BCUT2D eigenvalue weighted by atomic mass is 10.00. The van der Waals surface area contributed by atoms with Crippen molar-refractivity contribution in [2.75, 3.05) is 6.61 Å². The van der Waals surface area contributed by atoms with Crippen molar-refractivity contribution >= 4 is 11.8 Å². The van der Waals surface area contributed by atoms with Crippen LogP contribution in [-0.2, 0) is 9.59 Å². The molecule has 4 nitrogen and oxygen atoms in total. The van der Waals surface area contributed by atoms with E-state index in [0.717, 1.165) is 11.1 Å². The highest BCUT2D eigenvalue weighted by Crippen LogP contribution is 2.32. The van der Waals surface area contributed by atoms with Crippen molar-refractivity contribution in [1.82, 2.24) is 4.90 Å². The first-order valence-electron chi connectivity index (χ1n) is 7.04. The quantitative estimate of drug-likeness (QED) is 0.665. The maximum Gasteiger partial charge on any atom is 0.233 e. The normalized spacial score (nSPS) is 23.0. The van der Waals surface area contributed by atoms with Crippen LogP contribution in [0.2, 0.25) is 0 Å². The number of amides is 2. The second-order valence-corrected chi connectivity index (χ2v) is 5.38. The lowest BCUT2D eigenvalue weighted by Crippen LogP contribution is -2.33. The molecule has 2 rings (SSSR count). The number of nitrogens with zero attached hydrogens (tertiary/aromatic N) is 1. The number of likely N-dealkylation sites (tertiary alicyclic amines) is 1. The molecule has 21 heavy (non-hydrogen) atoms.